The molecule has 2 rings (SSSR count). The van der Waals surface area contributed by atoms with Gasteiger partial charge in [0.15, 0.2) is 0 Å². The number of rotatable bonds is 14. The number of aromatic nitrogens is 1. The van der Waals surface area contributed by atoms with Crippen LogP contribution in [-0.2, 0) is 9.59 Å². The molecule has 36 heavy (non-hydrogen) atoms. The molecule has 1 heterocycles. The summed E-state index contributed by atoms with van der Waals surface area (Å²) in [4.78, 5) is 52.4. The van der Waals surface area contributed by atoms with Gasteiger partial charge in [0.1, 0.15) is 5.69 Å². The van der Waals surface area contributed by atoms with E-state index < -0.39 is 23.8 Å². The molecule has 1 aromatic carbocycles. The number of aromatic carboxylic acids is 1. The normalized spacial score (nSPS) is 12.3. The fourth-order valence-electron chi connectivity index (χ4n) is 4.14. The maximum atomic E-state index is 12.9. The van der Waals surface area contributed by atoms with Crippen molar-refractivity contribution >= 4 is 24.2 Å². The highest BCUT2D eigenvalue weighted by molar-refractivity contribution is 5.94. The number of benzene rings is 1. The molecular weight excluding hydrogens is 464 g/mol. The second-order valence-corrected chi connectivity index (χ2v) is 8.48. The van der Waals surface area contributed by atoms with Crippen LogP contribution in [0.2, 0.25) is 0 Å². The van der Waals surface area contributed by atoms with Gasteiger partial charge in [-0.3, -0.25) is 19.6 Å². The van der Waals surface area contributed by atoms with E-state index in [1.165, 1.54) is 12.1 Å². The van der Waals surface area contributed by atoms with Gasteiger partial charge in [-0.05, 0) is 43.5 Å². The molecule has 10 nitrogen and oxygen atoms in total. The lowest BCUT2D eigenvalue weighted by atomic mass is 9.90. The predicted molar refractivity (Wildman–Crippen MR) is 133 cm³/mol. The standard InChI is InChI=1S/C26H34N4O6/c1-4-6-7-10-20(23(5-2)30(36)16-31)24(32)27-15-28-25(33)22-14-9-13-21(29-22)18-11-8-12-19(17(18)3)26(34)35/h8-9,11-14,16,20,23,36H,4-7,10,15H2,1-3H3,(H,27,32)(H,28,33)(H,34,35)/t20-,23-/m1/s1. The summed E-state index contributed by atoms with van der Waals surface area (Å²) in [5, 5.41) is 25.1. The lowest BCUT2D eigenvalue weighted by Gasteiger charge is -2.29. The predicted octanol–water partition coefficient (Wildman–Crippen LogP) is 3.38. The molecular formula is C26H34N4O6. The maximum absolute atomic E-state index is 12.9. The van der Waals surface area contributed by atoms with Crippen molar-refractivity contribution in [1.82, 2.24) is 20.7 Å². The highest BCUT2D eigenvalue weighted by atomic mass is 16.5. The van der Waals surface area contributed by atoms with E-state index in [2.05, 4.69) is 15.6 Å². The molecule has 2 aromatic rings. The number of nitrogens with zero attached hydrogens (tertiary/aromatic N) is 2. The number of hydroxylamine groups is 2. The van der Waals surface area contributed by atoms with Crippen LogP contribution >= 0.6 is 0 Å². The van der Waals surface area contributed by atoms with E-state index in [4.69, 9.17) is 0 Å². The summed E-state index contributed by atoms with van der Waals surface area (Å²) >= 11 is 0. The minimum Gasteiger partial charge on any atom is -0.478 e. The Balaban J connectivity index is 2.08. The summed E-state index contributed by atoms with van der Waals surface area (Å²) in [5.41, 5.74) is 1.85. The first-order chi connectivity index (χ1) is 17.2. The third-order valence-corrected chi connectivity index (χ3v) is 6.12. The summed E-state index contributed by atoms with van der Waals surface area (Å²) in [6.45, 7) is 5.34. The van der Waals surface area contributed by atoms with Gasteiger partial charge in [-0.2, -0.15) is 0 Å². The van der Waals surface area contributed by atoms with Crippen molar-refractivity contribution in [2.45, 2.75) is 58.9 Å². The molecule has 0 spiro atoms. The zero-order chi connectivity index (χ0) is 26.7. The highest BCUT2D eigenvalue weighted by Gasteiger charge is 2.30. The lowest BCUT2D eigenvalue weighted by Crippen LogP contribution is -2.47. The number of hydrogen-bond donors (Lipinski definition) is 4. The minimum absolute atomic E-state index is 0.107. The number of amides is 3. The van der Waals surface area contributed by atoms with E-state index in [0.29, 0.717) is 41.1 Å². The summed E-state index contributed by atoms with van der Waals surface area (Å²) in [7, 11) is 0. The van der Waals surface area contributed by atoms with Gasteiger partial charge in [0.25, 0.3) is 5.91 Å². The maximum Gasteiger partial charge on any atom is 0.335 e. The Kier molecular flexibility index (Phi) is 11.0. The monoisotopic (exact) mass is 498 g/mol. The zero-order valence-corrected chi connectivity index (χ0v) is 20.9. The Bertz CT molecular complexity index is 1070. The van der Waals surface area contributed by atoms with Crippen LogP contribution < -0.4 is 10.6 Å². The molecule has 2 atom stereocenters. The van der Waals surface area contributed by atoms with Gasteiger partial charge in [-0.15, -0.1) is 0 Å². The molecule has 1 aromatic heterocycles. The molecule has 0 aliphatic carbocycles. The van der Waals surface area contributed by atoms with Gasteiger partial charge in [0.05, 0.1) is 29.9 Å². The van der Waals surface area contributed by atoms with Crippen LogP contribution in [0.3, 0.4) is 0 Å². The fraction of sp³-hybridized carbons (Fsp3) is 0.423. The van der Waals surface area contributed by atoms with Crippen molar-refractivity contribution in [3.8, 4) is 11.3 Å². The first kappa shape index (κ1) is 28.4. The summed E-state index contributed by atoms with van der Waals surface area (Å²) in [6.07, 6.45) is 3.83. The molecule has 3 amide bonds. The molecule has 0 bridgehead atoms. The quantitative estimate of drug-likeness (QED) is 0.103. The van der Waals surface area contributed by atoms with Crippen LogP contribution in [0.1, 0.15) is 72.4 Å². The number of carboxylic acid groups (broad SMARTS) is 1. The van der Waals surface area contributed by atoms with Crippen molar-refractivity contribution < 1.29 is 29.5 Å². The van der Waals surface area contributed by atoms with Gasteiger partial charge in [-0.25, -0.2) is 14.8 Å². The van der Waals surface area contributed by atoms with Crippen molar-refractivity contribution in [3.05, 3.63) is 53.2 Å². The van der Waals surface area contributed by atoms with Crippen molar-refractivity contribution in [3.63, 3.8) is 0 Å². The largest absolute Gasteiger partial charge is 0.478 e. The van der Waals surface area contributed by atoms with Gasteiger partial charge in [0, 0.05) is 5.56 Å². The Morgan fingerprint density at radius 1 is 1.08 bits per heavy atom. The molecule has 0 aliphatic rings. The van der Waals surface area contributed by atoms with Crippen LogP contribution in [0.15, 0.2) is 36.4 Å². The van der Waals surface area contributed by atoms with E-state index in [-0.39, 0.29) is 23.8 Å². The van der Waals surface area contributed by atoms with Crippen molar-refractivity contribution in [1.29, 1.82) is 0 Å². The lowest BCUT2D eigenvalue weighted by molar-refractivity contribution is -0.168. The topological polar surface area (TPSA) is 149 Å². The van der Waals surface area contributed by atoms with Crippen LogP contribution in [0.25, 0.3) is 11.3 Å². The molecule has 0 saturated heterocycles. The number of hydrogen-bond acceptors (Lipinski definition) is 6. The number of carbonyl (C=O) groups is 4. The van der Waals surface area contributed by atoms with E-state index in [0.717, 1.165) is 19.3 Å². The van der Waals surface area contributed by atoms with Gasteiger partial charge >= 0.3 is 5.97 Å². The van der Waals surface area contributed by atoms with Crippen LogP contribution in [0.4, 0.5) is 0 Å². The second-order valence-electron chi connectivity index (χ2n) is 8.48. The third kappa shape index (κ3) is 7.35. The molecule has 194 valence electrons. The average Bonchev–Trinajstić information content (AvgIpc) is 2.87. The third-order valence-electron chi connectivity index (χ3n) is 6.12. The Morgan fingerprint density at radius 2 is 1.81 bits per heavy atom. The summed E-state index contributed by atoms with van der Waals surface area (Å²) < 4.78 is 0. The number of nitrogens with one attached hydrogen (secondary N) is 2. The number of pyridine rings is 1. The Labute approximate surface area is 210 Å². The number of carboxylic acids is 1. The first-order valence-corrected chi connectivity index (χ1v) is 12.0. The van der Waals surface area contributed by atoms with Crippen LogP contribution in [0.5, 0.6) is 0 Å². The Morgan fingerprint density at radius 3 is 2.44 bits per heavy atom. The summed E-state index contributed by atoms with van der Waals surface area (Å²) in [6, 6.07) is 9.04. The first-order valence-electron chi connectivity index (χ1n) is 12.0. The molecule has 0 aliphatic heterocycles. The van der Waals surface area contributed by atoms with Crippen molar-refractivity contribution in [2.75, 3.05) is 6.67 Å². The molecule has 0 saturated carbocycles. The molecule has 10 heteroatoms. The average molecular weight is 499 g/mol. The van der Waals surface area contributed by atoms with Gasteiger partial charge in [0.2, 0.25) is 12.3 Å². The van der Waals surface area contributed by atoms with E-state index in [9.17, 15) is 29.5 Å². The van der Waals surface area contributed by atoms with Gasteiger partial charge in [-0.1, -0.05) is 51.3 Å². The molecule has 0 radical (unpaired) electrons. The number of carbonyl (C=O) groups excluding carboxylic acids is 3. The van der Waals surface area contributed by atoms with E-state index in [1.54, 1.807) is 38.1 Å². The molecule has 0 unspecified atom stereocenters. The number of unbranched alkanes of at least 4 members (excludes halogenated alkanes) is 2. The fourth-order valence-corrected chi connectivity index (χ4v) is 4.14. The summed E-state index contributed by atoms with van der Waals surface area (Å²) in [5.74, 6) is -2.56. The smallest absolute Gasteiger partial charge is 0.335 e. The minimum atomic E-state index is -1.05. The SMILES string of the molecule is CCCCC[C@@H](C(=O)NCNC(=O)c1cccc(-c2cccc(C(=O)O)c2C)n1)[C@@H](CC)N(O)C=O. The van der Waals surface area contributed by atoms with Gasteiger partial charge < -0.3 is 15.7 Å². The second kappa shape index (κ2) is 13.9. The van der Waals surface area contributed by atoms with E-state index in [1.807, 2.05) is 6.92 Å². The van der Waals surface area contributed by atoms with Crippen molar-refractivity contribution in [2.24, 2.45) is 5.92 Å². The molecule has 4 N–H and O–H groups in total. The highest BCUT2D eigenvalue weighted by Crippen LogP contribution is 2.24. The van der Waals surface area contributed by atoms with Crippen LogP contribution in [0, 0.1) is 12.8 Å². The van der Waals surface area contributed by atoms with E-state index >= 15 is 0 Å². The Hall–Kier alpha value is -3.79. The molecule has 0 fully saturated rings. The van der Waals surface area contributed by atoms with Crippen LogP contribution in [-0.4, -0.2) is 57.3 Å². The zero-order valence-electron chi connectivity index (χ0n) is 20.9.